The maximum Gasteiger partial charge on any atom is 0.248 e. The van der Waals surface area contributed by atoms with Crippen LogP contribution < -0.4 is 9.47 Å². The van der Waals surface area contributed by atoms with Gasteiger partial charge in [0.1, 0.15) is 6.61 Å². The van der Waals surface area contributed by atoms with Crippen LogP contribution in [0.4, 0.5) is 0 Å². The van der Waals surface area contributed by atoms with Crippen molar-refractivity contribution in [3.8, 4) is 23.0 Å². The van der Waals surface area contributed by atoms with Gasteiger partial charge in [-0.2, -0.15) is 0 Å². The number of rotatable bonds is 4. The normalized spacial score (nSPS) is 23.2. The Morgan fingerprint density at radius 3 is 3.00 bits per heavy atom. The lowest BCUT2D eigenvalue weighted by atomic mass is 9.89. The van der Waals surface area contributed by atoms with Gasteiger partial charge in [-0.05, 0) is 37.0 Å². The van der Waals surface area contributed by atoms with Crippen LogP contribution in [-0.4, -0.2) is 23.1 Å². The zero-order chi connectivity index (χ0) is 15.6. The molecule has 6 heteroatoms. The van der Waals surface area contributed by atoms with E-state index < -0.39 is 0 Å². The van der Waals surface area contributed by atoms with E-state index in [1.54, 1.807) is 0 Å². The highest BCUT2D eigenvalue weighted by molar-refractivity contribution is 5.60. The second kappa shape index (κ2) is 6.20. The molecule has 1 aliphatic heterocycles. The summed E-state index contributed by atoms with van der Waals surface area (Å²) in [5.74, 6) is 3.16. The monoisotopic (exact) mass is 316 g/mol. The van der Waals surface area contributed by atoms with E-state index in [4.69, 9.17) is 18.6 Å². The molecule has 1 aromatic carbocycles. The Hall–Kier alpha value is -2.08. The predicted molar refractivity (Wildman–Crippen MR) is 82.1 cm³/mol. The molecule has 0 unspecified atom stereocenters. The van der Waals surface area contributed by atoms with Gasteiger partial charge in [0.2, 0.25) is 18.6 Å². The van der Waals surface area contributed by atoms with Crippen molar-refractivity contribution in [1.29, 1.82) is 0 Å². The smallest absolute Gasteiger partial charge is 0.248 e. The molecule has 2 aliphatic rings. The molecule has 0 saturated heterocycles. The maximum absolute atomic E-state index is 5.92. The fourth-order valence-electron chi connectivity index (χ4n) is 3.18. The summed E-state index contributed by atoms with van der Waals surface area (Å²) in [6.45, 7) is 2.90. The molecule has 0 radical (unpaired) electrons. The Labute approximate surface area is 134 Å². The minimum absolute atomic E-state index is 0.252. The molecule has 0 bridgehead atoms. The van der Waals surface area contributed by atoms with Crippen molar-refractivity contribution in [3.05, 3.63) is 24.1 Å². The van der Waals surface area contributed by atoms with Crippen molar-refractivity contribution < 1.29 is 18.6 Å². The summed E-state index contributed by atoms with van der Waals surface area (Å²) in [4.78, 5) is 0. The average molecular weight is 316 g/mol. The highest BCUT2D eigenvalue weighted by Gasteiger charge is 2.21. The molecule has 0 amide bonds. The van der Waals surface area contributed by atoms with Crippen LogP contribution in [0.5, 0.6) is 11.5 Å². The highest BCUT2D eigenvalue weighted by Crippen LogP contribution is 2.35. The zero-order valence-corrected chi connectivity index (χ0v) is 13.2. The summed E-state index contributed by atoms with van der Waals surface area (Å²) < 4.78 is 22.3. The molecule has 6 nitrogen and oxygen atoms in total. The van der Waals surface area contributed by atoms with Crippen molar-refractivity contribution >= 4 is 0 Å². The molecule has 23 heavy (non-hydrogen) atoms. The second-order valence-electron chi connectivity index (χ2n) is 6.27. The topological polar surface area (TPSA) is 66.6 Å². The summed E-state index contributed by atoms with van der Waals surface area (Å²) in [5.41, 5.74) is 0.819. The number of hydrogen-bond donors (Lipinski definition) is 0. The van der Waals surface area contributed by atoms with Crippen LogP contribution in [0, 0.1) is 5.92 Å². The molecule has 4 rings (SSSR count). The van der Waals surface area contributed by atoms with E-state index >= 15 is 0 Å². The number of hydrogen-bond acceptors (Lipinski definition) is 6. The predicted octanol–water partition coefficient (Wildman–Crippen LogP) is 3.56. The van der Waals surface area contributed by atoms with Gasteiger partial charge in [-0.1, -0.05) is 19.8 Å². The number of aromatic nitrogens is 2. The van der Waals surface area contributed by atoms with Crippen molar-refractivity contribution in [2.24, 2.45) is 5.92 Å². The van der Waals surface area contributed by atoms with E-state index in [1.807, 2.05) is 18.2 Å². The van der Waals surface area contributed by atoms with Gasteiger partial charge in [0.05, 0.1) is 6.10 Å². The first-order valence-electron chi connectivity index (χ1n) is 8.12. The maximum atomic E-state index is 5.92. The first-order valence-corrected chi connectivity index (χ1v) is 8.12. The summed E-state index contributed by atoms with van der Waals surface area (Å²) in [5, 5.41) is 8.17. The molecule has 1 aromatic heterocycles. The fraction of sp³-hybridized carbons (Fsp3) is 0.529. The zero-order valence-electron chi connectivity index (χ0n) is 13.2. The van der Waals surface area contributed by atoms with Crippen molar-refractivity contribution in [3.63, 3.8) is 0 Å². The van der Waals surface area contributed by atoms with Crippen LogP contribution in [-0.2, 0) is 11.3 Å². The van der Waals surface area contributed by atoms with Crippen LogP contribution >= 0.6 is 0 Å². The van der Waals surface area contributed by atoms with E-state index in [0.29, 0.717) is 30.2 Å². The van der Waals surface area contributed by atoms with Crippen LogP contribution in [0.3, 0.4) is 0 Å². The molecular weight excluding hydrogens is 296 g/mol. The first-order chi connectivity index (χ1) is 11.3. The Balaban J connectivity index is 1.40. The van der Waals surface area contributed by atoms with Crippen molar-refractivity contribution in [2.75, 3.05) is 6.79 Å². The number of ether oxygens (including phenoxy) is 3. The minimum atomic E-state index is 0.252. The summed E-state index contributed by atoms with van der Waals surface area (Å²) >= 11 is 0. The Morgan fingerprint density at radius 2 is 2.09 bits per heavy atom. The molecule has 0 N–H and O–H groups in total. The van der Waals surface area contributed by atoms with Gasteiger partial charge >= 0.3 is 0 Å². The Kier molecular flexibility index (Phi) is 3.91. The molecule has 1 fully saturated rings. The summed E-state index contributed by atoms with van der Waals surface area (Å²) in [6.07, 6.45) is 5.07. The SMILES string of the molecule is C[C@H]1CCC[C@H](OCc2nnc(-c3ccc4c(c3)OCO4)o2)C1. The Bertz CT molecular complexity index is 685. The molecule has 2 atom stereocenters. The van der Waals surface area contributed by atoms with Gasteiger partial charge in [-0.3, -0.25) is 0 Å². The van der Waals surface area contributed by atoms with E-state index in [1.165, 1.54) is 12.8 Å². The molecule has 2 heterocycles. The van der Waals surface area contributed by atoms with E-state index in [9.17, 15) is 0 Å². The molecule has 1 saturated carbocycles. The lowest BCUT2D eigenvalue weighted by molar-refractivity contribution is -0.00444. The van der Waals surface area contributed by atoms with E-state index in [-0.39, 0.29) is 6.79 Å². The summed E-state index contributed by atoms with van der Waals surface area (Å²) in [6, 6.07) is 5.58. The van der Waals surface area contributed by atoms with Gasteiger partial charge in [0.15, 0.2) is 11.5 Å². The van der Waals surface area contributed by atoms with E-state index in [2.05, 4.69) is 17.1 Å². The van der Waals surface area contributed by atoms with Crippen molar-refractivity contribution in [2.45, 2.75) is 45.3 Å². The number of nitrogens with zero attached hydrogens (tertiary/aromatic N) is 2. The molecular formula is C17H20N2O4. The van der Waals surface area contributed by atoms with Gasteiger partial charge in [-0.15, -0.1) is 10.2 Å². The van der Waals surface area contributed by atoms with Gasteiger partial charge in [0.25, 0.3) is 0 Å². The van der Waals surface area contributed by atoms with Crippen LogP contribution in [0.2, 0.25) is 0 Å². The Morgan fingerprint density at radius 1 is 1.17 bits per heavy atom. The average Bonchev–Trinajstić information content (AvgIpc) is 3.21. The second-order valence-corrected chi connectivity index (χ2v) is 6.27. The molecule has 0 spiro atoms. The van der Waals surface area contributed by atoms with Crippen molar-refractivity contribution in [1.82, 2.24) is 10.2 Å². The lowest BCUT2D eigenvalue weighted by Crippen LogP contribution is -2.21. The largest absolute Gasteiger partial charge is 0.454 e. The van der Waals surface area contributed by atoms with Crippen LogP contribution in [0.15, 0.2) is 22.6 Å². The number of benzene rings is 1. The minimum Gasteiger partial charge on any atom is -0.454 e. The third-order valence-corrected chi connectivity index (χ3v) is 4.42. The fourth-order valence-corrected chi connectivity index (χ4v) is 3.18. The number of fused-ring (bicyclic) bond motifs is 1. The molecule has 1 aliphatic carbocycles. The van der Waals surface area contributed by atoms with Crippen LogP contribution in [0.25, 0.3) is 11.5 Å². The van der Waals surface area contributed by atoms with Gasteiger partial charge < -0.3 is 18.6 Å². The lowest BCUT2D eigenvalue weighted by Gasteiger charge is -2.26. The standard InChI is InChI=1S/C17H20N2O4/c1-11-3-2-4-13(7-11)20-9-16-18-19-17(23-16)12-5-6-14-15(8-12)22-10-21-14/h5-6,8,11,13H,2-4,7,9-10H2,1H3/t11-,13-/m0/s1. The van der Waals surface area contributed by atoms with Gasteiger partial charge in [0, 0.05) is 5.56 Å². The van der Waals surface area contributed by atoms with E-state index in [0.717, 1.165) is 30.1 Å². The third-order valence-electron chi connectivity index (χ3n) is 4.42. The molecule has 122 valence electrons. The quantitative estimate of drug-likeness (QED) is 0.859. The summed E-state index contributed by atoms with van der Waals surface area (Å²) in [7, 11) is 0. The molecule has 2 aromatic rings. The van der Waals surface area contributed by atoms with Gasteiger partial charge in [-0.25, -0.2) is 0 Å². The highest BCUT2D eigenvalue weighted by atomic mass is 16.7. The first kappa shape index (κ1) is 14.5. The third kappa shape index (κ3) is 3.17. The van der Waals surface area contributed by atoms with Crippen LogP contribution in [0.1, 0.15) is 38.5 Å².